The summed E-state index contributed by atoms with van der Waals surface area (Å²) in [6.07, 6.45) is 1.18. The van der Waals surface area contributed by atoms with Crippen molar-refractivity contribution in [3.63, 3.8) is 0 Å². The number of hydrogen-bond acceptors (Lipinski definition) is 2. The van der Waals surface area contributed by atoms with E-state index in [1.54, 1.807) is 6.07 Å². The molecule has 1 atom stereocenters. The summed E-state index contributed by atoms with van der Waals surface area (Å²) in [5.74, 6) is 0.531. The third kappa shape index (κ3) is 3.16. The number of carbonyl (C=O) groups excluding carboxylic acids is 1. The average molecular weight is 349 g/mol. The zero-order valence-electron chi connectivity index (χ0n) is 11.3. The highest BCUT2D eigenvalue weighted by atomic mass is 79.9. The van der Waals surface area contributed by atoms with Crippen molar-refractivity contribution in [1.29, 1.82) is 0 Å². The van der Waals surface area contributed by atoms with E-state index < -0.39 is 5.82 Å². The summed E-state index contributed by atoms with van der Waals surface area (Å²) in [6.45, 7) is 0.613. The molecule has 3 rings (SSSR count). The van der Waals surface area contributed by atoms with Crippen LogP contribution in [-0.2, 0) is 0 Å². The van der Waals surface area contributed by atoms with E-state index in [9.17, 15) is 9.18 Å². The van der Waals surface area contributed by atoms with E-state index >= 15 is 0 Å². The van der Waals surface area contributed by atoms with Gasteiger partial charge in [-0.2, -0.15) is 0 Å². The fraction of sp³-hybridized carbons (Fsp3) is 0.235. The number of carbonyl (C=O) groups is 1. The number of rotatable bonds is 3. The van der Waals surface area contributed by atoms with E-state index in [1.807, 2.05) is 24.3 Å². The fourth-order valence-electron chi connectivity index (χ4n) is 2.68. The quantitative estimate of drug-likeness (QED) is 0.749. The molecule has 4 heteroatoms. The topological polar surface area (TPSA) is 26.3 Å². The second-order valence-electron chi connectivity index (χ2n) is 5.16. The smallest absolute Gasteiger partial charge is 0.163 e. The first kappa shape index (κ1) is 14.3. The van der Waals surface area contributed by atoms with Crippen molar-refractivity contribution in [2.24, 2.45) is 0 Å². The molecule has 1 heterocycles. The van der Waals surface area contributed by atoms with Crippen LogP contribution in [-0.4, -0.2) is 12.4 Å². The number of halogens is 2. The highest BCUT2D eigenvalue weighted by Crippen LogP contribution is 2.36. The molecule has 0 radical (unpaired) electrons. The minimum atomic E-state index is -0.403. The van der Waals surface area contributed by atoms with E-state index in [4.69, 9.17) is 4.74 Å². The molecule has 0 amide bonds. The molecular weight excluding hydrogens is 335 g/mol. The Balaban J connectivity index is 1.82. The van der Waals surface area contributed by atoms with Crippen LogP contribution in [0.5, 0.6) is 5.75 Å². The van der Waals surface area contributed by atoms with Crippen molar-refractivity contribution in [3.05, 3.63) is 63.9 Å². The van der Waals surface area contributed by atoms with Crippen molar-refractivity contribution in [2.45, 2.75) is 18.8 Å². The Morgan fingerprint density at radius 3 is 2.90 bits per heavy atom. The van der Waals surface area contributed by atoms with Gasteiger partial charge in [0.15, 0.2) is 5.78 Å². The van der Waals surface area contributed by atoms with Crippen LogP contribution in [0.3, 0.4) is 0 Å². The second kappa shape index (κ2) is 5.98. The SMILES string of the molecule is O=C(CC1CCOc2ccccc21)c1cc(F)cc(Br)c1. The standard InChI is InChI=1S/C17H14BrFO2/c18-13-7-12(8-14(19)10-13)16(20)9-11-5-6-21-17-4-2-1-3-15(11)17/h1-4,7-8,10-11H,5-6,9H2. The molecule has 108 valence electrons. The molecule has 0 aromatic heterocycles. The van der Waals surface area contributed by atoms with Crippen LogP contribution in [0.1, 0.15) is 34.7 Å². The van der Waals surface area contributed by atoms with Crippen LogP contribution < -0.4 is 4.74 Å². The molecule has 0 aliphatic carbocycles. The molecule has 0 saturated carbocycles. The Bertz CT molecular complexity index is 664. The van der Waals surface area contributed by atoms with Crippen molar-refractivity contribution in [3.8, 4) is 5.75 Å². The van der Waals surface area contributed by atoms with Crippen molar-refractivity contribution >= 4 is 21.7 Å². The maximum absolute atomic E-state index is 13.4. The number of para-hydroxylation sites is 1. The van der Waals surface area contributed by atoms with Gasteiger partial charge in [-0.1, -0.05) is 34.1 Å². The number of hydrogen-bond donors (Lipinski definition) is 0. The Morgan fingerprint density at radius 2 is 2.10 bits per heavy atom. The normalized spacial score (nSPS) is 17.0. The first-order valence-electron chi connectivity index (χ1n) is 6.84. The van der Waals surface area contributed by atoms with Gasteiger partial charge in [-0.05, 0) is 42.2 Å². The lowest BCUT2D eigenvalue weighted by molar-refractivity contribution is 0.0965. The van der Waals surface area contributed by atoms with E-state index in [0.717, 1.165) is 17.7 Å². The molecule has 0 N–H and O–H groups in total. The Hall–Kier alpha value is -1.68. The van der Waals surface area contributed by atoms with Crippen LogP contribution in [0.25, 0.3) is 0 Å². The van der Waals surface area contributed by atoms with Gasteiger partial charge in [0, 0.05) is 16.5 Å². The number of Topliss-reactive ketones (excluding diaryl/α,β-unsaturated/α-hetero) is 1. The van der Waals surface area contributed by atoms with Crippen molar-refractivity contribution in [1.82, 2.24) is 0 Å². The summed E-state index contributed by atoms with van der Waals surface area (Å²) >= 11 is 3.22. The number of benzene rings is 2. The summed E-state index contributed by atoms with van der Waals surface area (Å²) in [5.41, 5.74) is 1.47. The molecule has 1 unspecified atom stereocenters. The van der Waals surface area contributed by atoms with Gasteiger partial charge < -0.3 is 4.74 Å². The first-order valence-corrected chi connectivity index (χ1v) is 7.64. The zero-order chi connectivity index (χ0) is 14.8. The lowest BCUT2D eigenvalue weighted by Crippen LogP contribution is -2.17. The van der Waals surface area contributed by atoms with Gasteiger partial charge in [0.2, 0.25) is 0 Å². The summed E-state index contributed by atoms with van der Waals surface area (Å²) in [4.78, 5) is 12.4. The predicted octanol–water partition coefficient (Wildman–Crippen LogP) is 4.73. The maximum atomic E-state index is 13.4. The van der Waals surface area contributed by atoms with Crippen molar-refractivity contribution < 1.29 is 13.9 Å². The van der Waals surface area contributed by atoms with Gasteiger partial charge >= 0.3 is 0 Å². The van der Waals surface area contributed by atoms with E-state index in [-0.39, 0.29) is 11.7 Å². The summed E-state index contributed by atoms with van der Waals surface area (Å²) in [6, 6.07) is 12.1. The minimum absolute atomic E-state index is 0.0445. The molecule has 0 fully saturated rings. The maximum Gasteiger partial charge on any atom is 0.163 e. The van der Waals surface area contributed by atoms with Crippen LogP contribution in [0.4, 0.5) is 4.39 Å². The first-order chi connectivity index (χ1) is 10.1. The van der Waals surface area contributed by atoms with Crippen LogP contribution >= 0.6 is 15.9 Å². The molecule has 0 spiro atoms. The molecule has 1 aliphatic rings. The van der Waals surface area contributed by atoms with E-state index in [2.05, 4.69) is 15.9 Å². The van der Waals surface area contributed by atoms with Gasteiger partial charge in [-0.15, -0.1) is 0 Å². The average Bonchev–Trinajstić information content (AvgIpc) is 2.46. The second-order valence-corrected chi connectivity index (χ2v) is 6.07. The Labute approximate surface area is 131 Å². The monoisotopic (exact) mass is 348 g/mol. The third-order valence-corrected chi connectivity index (χ3v) is 4.16. The number of ether oxygens (including phenoxy) is 1. The van der Waals surface area contributed by atoms with Gasteiger partial charge in [-0.3, -0.25) is 4.79 Å². The highest BCUT2D eigenvalue weighted by molar-refractivity contribution is 9.10. The van der Waals surface area contributed by atoms with Gasteiger partial charge in [0.05, 0.1) is 6.61 Å². The van der Waals surface area contributed by atoms with Crippen LogP contribution in [0, 0.1) is 5.82 Å². The summed E-state index contributed by atoms with van der Waals surface area (Å²) < 4.78 is 19.6. The lowest BCUT2D eigenvalue weighted by atomic mass is 9.87. The van der Waals surface area contributed by atoms with E-state index in [1.165, 1.54) is 12.1 Å². The summed E-state index contributed by atoms with van der Waals surface area (Å²) in [7, 11) is 0. The highest BCUT2D eigenvalue weighted by Gasteiger charge is 2.24. The molecule has 21 heavy (non-hydrogen) atoms. The van der Waals surface area contributed by atoms with Crippen LogP contribution in [0.2, 0.25) is 0 Å². The van der Waals surface area contributed by atoms with Crippen LogP contribution in [0.15, 0.2) is 46.9 Å². The van der Waals surface area contributed by atoms with E-state index in [0.29, 0.717) is 23.1 Å². The Morgan fingerprint density at radius 1 is 1.29 bits per heavy atom. The fourth-order valence-corrected chi connectivity index (χ4v) is 3.15. The van der Waals surface area contributed by atoms with Gasteiger partial charge in [-0.25, -0.2) is 4.39 Å². The zero-order valence-corrected chi connectivity index (χ0v) is 12.9. The largest absolute Gasteiger partial charge is 0.493 e. The van der Waals surface area contributed by atoms with Gasteiger partial charge in [0.1, 0.15) is 11.6 Å². The Kier molecular flexibility index (Phi) is 4.06. The minimum Gasteiger partial charge on any atom is -0.493 e. The molecule has 1 aliphatic heterocycles. The molecular formula is C17H14BrFO2. The molecule has 0 bridgehead atoms. The lowest BCUT2D eigenvalue weighted by Gasteiger charge is -2.25. The molecule has 2 aromatic carbocycles. The van der Waals surface area contributed by atoms with Crippen molar-refractivity contribution in [2.75, 3.05) is 6.61 Å². The van der Waals surface area contributed by atoms with Gasteiger partial charge in [0.25, 0.3) is 0 Å². The predicted molar refractivity (Wildman–Crippen MR) is 82.3 cm³/mol. The molecule has 2 aromatic rings. The summed E-state index contributed by atoms with van der Waals surface area (Å²) in [5, 5.41) is 0. The number of ketones is 1. The third-order valence-electron chi connectivity index (χ3n) is 3.70. The molecule has 2 nitrogen and oxygen atoms in total. The number of fused-ring (bicyclic) bond motifs is 1. The molecule has 0 saturated heterocycles.